The molecular formula is C21H29NO3. The van der Waals surface area contributed by atoms with Crippen molar-refractivity contribution in [2.24, 2.45) is 11.8 Å². The molecule has 0 radical (unpaired) electrons. The Kier molecular flexibility index (Phi) is 5.92. The molecule has 2 aliphatic heterocycles. The van der Waals surface area contributed by atoms with Crippen LogP contribution in [0.15, 0.2) is 43.0 Å². The Morgan fingerprint density at radius 3 is 2.76 bits per heavy atom. The molecule has 2 heterocycles. The zero-order valence-electron chi connectivity index (χ0n) is 15.2. The number of esters is 1. The zero-order chi connectivity index (χ0) is 17.7. The van der Waals surface area contributed by atoms with Gasteiger partial charge in [0.25, 0.3) is 0 Å². The second-order valence-electron chi connectivity index (χ2n) is 7.37. The van der Waals surface area contributed by atoms with E-state index in [2.05, 4.69) is 41.8 Å². The number of allylic oxidation sites excluding steroid dienone is 1. The van der Waals surface area contributed by atoms with Crippen LogP contribution in [0.1, 0.15) is 31.2 Å². The van der Waals surface area contributed by atoms with Crippen molar-refractivity contribution in [3.8, 4) is 0 Å². The molecule has 2 unspecified atom stereocenters. The molecule has 0 saturated carbocycles. The summed E-state index contributed by atoms with van der Waals surface area (Å²) in [5.41, 5.74) is 1.31. The number of likely N-dealkylation sites (tertiary alicyclic amines) is 1. The van der Waals surface area contributed by atoms with E-state index in [9.17, 15) is 4.79 Å². The highest BCUT2D eigenvalue weighted by Gasteiger charge is 2.46. The van der Waals surface area contributed by atoms with Crippen molar-refractivity contribution in [1.29, 1.82) is 0 Å². The molecule has 1 aromatic rings. The van der Waals surface area contributed by atoms with Crippen molar-refractivity contribution in [2.45, 2.75) is 37.8 Å². The molecule has 1 aromatic carbocycles. The Morgan fingerprint density at radius 2 is 2.12 bits per heavy atom. The summed E-state index contributed by atoms with van der Waals surface area (Å²) >= 11 is 0. The van der Waals surface area contributed by atoms with Crippen molar-refractivity contribution in [3.63, 3.8) is 0 Å². The van der Waals surface area contributed by atoms with Crippen LogP contribution in [0.25, 0.3) is 0 Å². The Morgan fingerprint density at radius 1 is 1.40 bits per heavy atom. The highest BCUT2D eigenvalue weighted by molar-refractivity contribution is 5.73. The van der Waals surface area contributed by atoms with Crippen molar-refractivity contribution < 1.29 is 14.3 Å². The van der Waals surface area contributed by atoms with Crippen LogP contribution in [0.3, 0.4) is 0 Å². The van der Waals surface area contributed by atoms with Crippen molar-refractivity contribution in [2.75, 3.05) is 26.8 Å². The SMILES string of the molecule is C=CCC(C(=O)OC)C1COC2(CCN(Cc3ccccc3)CC2)C1. The number of benzene rings is 1. The van der Waals surface area contributed by atoms with Crippen LogP contribution in [0.5, 0.6) is 0 Å². The number of hydrogen-bond acceptors (Lipinski definition) is 4. The summed E-state index contributed by atoms with van der Waals surface area (Å²) in [5.74, 6) is -0.0117. The molecule has 2 aliphatic rings. The number of piperidine rings is 1. The molecule has 2 saturated heterocycles. The van der Waals surface area contributed by atoms with Crippen molar-refractivity contribution in [3.05, 3.63) is 48.6 Å². The van der Waals surface area contributed by atoms with Gasteiger partial charge in [0.2, 0.25) is 0 Å². The zero-order valence-corrected chi connectivity index (χ0v) is 15.2. The summed E-state index contributed by atoms with van der Waals surface area (Å²) in [4.78, 5) is 14.6. The number of hydrogen-bond donors (Lipinski definition) is 0. The van der Waals surface area contributed by atoms with Gasteiger partial charge in [0, 0.05) is 19.6 Å². The van der Waals surface area contributed by atoms with E-state index < -0.39 is 0 Å². The van der Waals surface area contributed by atoms with Crippen LogP contribution in [0.2, 0.25) is 0 Å². The molecule has 0 bridgehead atoms. The van der Waals surface area contributed by atoms with Gasteiger partial charge in [0.1, 0.15) is 0 Å². The summed E-state index contributed by atoms with van der Waals surface area (Å²) in [6, 6.07) is 10.6. The van der Waals surface area contributed by atoms with E-state index in [0.29, 0.717) is 13.0 Å². The number of carbonyl (C=O) groups is 1. The number of rotatable bonds is 6. The van der Waals surface area contributed by atoms with E-state index >= 15 is 0 Å². The summed E-state index contributed by atoms with van der Waals surface area (Å²) in [7, 11) is 1.46. The third-order valence-corrected chi connectivity index (χ3v) is 5.75. The third-order valence-electron chi connectivity index (χ3n) is 5.75. The lowest BCUT2D eigenvalue weighted by Gasteiger charge is -2.39. The van der Waals surface area contributed by atoms with Gasteiger partial charge >= 0.3 is 5.97 Å². The minimum atomic E-state index is -0.132. The number of ether oxygens (including phenoxy) is 2. The smallest absolute Gasteiger partial charge is 0.309 e. The van der Waals surface area contributed by atoms with Gasteiger partial charge in [-0.1, -0.05) is 36.4 Å². The minimum absolute atomic E-state index is 0.0503. The van der Waals surface area contributed by atoms with Gasteiger partial charge in [-0.05, 0) is 37.2 Å². The molecule has 0 amide bonds. The lowest BCUT2D eigenvalue weighted by molar-refractivity contribution is -0.147. The molecule has 2 fully saturated rings. The van der Waals surface area contributed by atoms with Gasteiger partial charge < -0.3 is 9.47 Å². The van der Waals surface area contributed by atoms with Crippen molar-refractivity contribution >= 4 is 5.97 Å². The van der Waals surface area contributed by atoms with Crippen LogP contribution in [-0.2, 0) is 20.8 Å². The molecule has 1 spiro atoms. The Labute approximate surface area is 150 Å². The highest BCUT2D eigenvalue weighted by atomic mass is 16.5. The second kappa shape index (κ2) is 8.15. The number of carbonyl (C=O) groups excluding carboxylic acids is 1. The average Bonchev–Trinajstić information content (AvgIpc) is 3.05. The van der Waals surface area contributed by atoms with E-state index in [-0.39, 0.29) is 23.4 Å². The summed E-state index contributed by atoms with van der Waals surface area (Å²) in [6.07, 6.45) is 5.52. The topological polar surface area (TPSA) is 38.8 Å². The first-order valence-electron chi connectivity index (χ1n) is 9.25. The minimum Gasteiger partial charge on any atom is -0.469 e. The predicted octanol–water partition coefficient (Wildman–Crippen LogP) is 3.42. The van der Waals surface area contributed by atoms with E-state index in [4.69, 9.17) is 9.47 Å². The molecule has 0 aliphatic carbocycles. The van der Waals surface area contributed by atoms with Crippen LogP contribution in [0.4, 0.5) is 0 Å². The molecule has 136 valence electrons. The van der Waals surface area contributed by atoms with E-state index in [1.54, 1.807) is 0 Å². The average molecular weight is 343 g/mol. The van der Waals surface area contributed by atoms with Gasteiger partial charge in [0.05, 0.1) is 25.2 Å². The van der Waals surface area contributed by atoms with Gasteiger partial charge in [0.15, 0.2) is 0 Å². The largest absolute Gasteiger partial charge is 0.469 e. The lowest BCUT2D eigenvalue weighted by Crippen LogP contribution is -2.43. The Hall–Kier alpha value is -1.65. The highest BCUT2D eigenvalue weighted by Crippen LogP contribution is 2.42. The predicted molar refractivity (Wildman–Crippen MR) is 98.1 cm³/mol. The van der Waals surface area contributed by atoms with Crippen LogP contribution in [0, 0.1) is 11.8 Å². The number of methoxy groups -OCH3 is 1. The van der Waals surface area contributed by atoms with Crippen molar-refractivity contribution in [1.82, 2.24) is 4.90 Å². The fourth-order valence-corrected chi connectivity index (χ4v) is 4.26. The summed E-state index contributed by atoms with van der Waals surface area (Å²) in [5, 5.41) is 0. The van der Waals surface area contributed by atoms with E-state index in [1.807, 2.05) is 6.08 Å². The van der Waals surface area contributed by atoms with Gasteiger partial charge in [-0.3, -0.25) is 9.69 Å². The molecule has 0 N–H and O–H groups in total. The van der Waals surface area contributed by atoms with Crippen LogP contribution >= 0.6 is 0 Å². The monoisotopic (exact) mass is 343 g/mol. The van der Waals surface area contributed by atoms with Gasteiger partial charge in [-0.25, -0.2) is 0 Å². The maximum absolute atomic E-state index is 12.1. The third kappa shape index (κ3) is 4.31. The maximum Gasteiger partial charge on any atom is 0.309 e. The standard InChI is InChI=1S/C21H29NO3/c1-3-7-19(20(23)24-2)18-14-21(25-16-18)10-12-22(13-11-21)15-17-8-5-4-6-9-17/h3-6,8-9,18-19H,1,7,10-16H2,2H3. The van der Waals surface area contributed by atoms with Gasteiger partial charge in [-0.15, -0.1) is 6.58 Å². The quantitative estimate of drug-likeness (QED) is 0.586. The summed E-state index contributed by atoms with van der Waals surface area (Å²) < 4.78 is 11.2. The fraction of sp³-hybridized carbons (Fsp3) is 0.571. The normalized spacial score (nSPS) is 24.1. The van der Waals surface area contributed by atoms with Crippen LogP contribution in [-0.4, -0.2) is 43.3 Å². The van der Waals surface area contributed by atoms with Gasteiger partial charge in [-0.2, -0.15) is 0 Å². The molecular weight excluding hydrogens is 314 g/mol. The molecule has 4 nitrogen and oxygen atoms in total. The van der Waals surface area contributed by atoms with Crippen LogP contribution < -0.4 is 0 Å². The second-order valence-corrected chi connectivity index (χ2v) is 7.37. The first-order valence-corrected chi connectivity index (χ1v) is 9.25. The molecule has 25 heavy (non-hydrogen) atoms. The lowest BCUT2D eigenvalue weighted by atomic mass is 9.79. The van der Waals surface area contributed by atoms with E-state index in [0.717, 1.165) is 38.9 Å². The Bertz CT molecular complexity index is 578. The molecule has 0 aromatic heterocycles. The van der Waals surface area contributed by atoms with E-state index in [1.165, 1.54) is 12.7 Å². The fourth-order valence-electron chi connectivity index (χ4n) is 4.26. The molecule has 4 heteroatoms. The molecule has 3 rings (SSSR count). The Balaban J connectivity index is 1.55. The molecule has 2 atom stereocenters. The first kappa shape index (κ1) is 18.2. The summed E-state index contributed by atoms with van der Waals surface area (Å²) in [6.45, 7) is 7.54. The first-order chi connectivity index (χ1) is 12.2. The number of nitrogens with zero attached hydrogens (tertiary/aromatic N) is 1. The maximum atomic E-state index is 12.1.